The van der Waals surface area contributed by atoms with Crippen molar-refractivity contribution in [2.24, 2.45) is 0 Å². The van der Waals surface area contributed by atoms with E-state index in [4.69, 9.17) is 16.3 Å². The summed E-state index contributed by atoms with van der Waals surface area (Å²) in [6.45, 7) is 1.36. The van der Waals surface area contributed by atoms with E-state index in [0.29, 0.717) is 5.69 Å². The van der Waals surface area contributed by atoms with Gasteiger partial charge in [-0.25, -0.2) is 13.2 Å². The summed E-state index contributed by atoms with van der Waals surface area (Å²) < 4.78 is 28.0. The van der Waals surface area contributed by atoms with E-state index in [9.17, 15) is 18.0 Å². The van der Waals surface area contributed by atoms with Gasteiger partial charge in [-0.3, -0.25) is 4.79 Å². The lowest BCUT2D eigenvalue weighted by Crippen LogP contribution is -2.21. The Morgan fingerprint density at radius 2 is 1.88 bits per heavy atom. The van der Waals surface area contributed by atoms with Gasteiger partial charge in [0.05, 0.1) is 15.5 Å². The zero-order valence-corrected chi connectivity index (χ0v) is 15.1. The van der Waals surface area contributed by atoms with Crippen LogP contribution in [0.4, 0.5) is 5.69 Å². The number of esters is 1. The first-order valence-corrected chi connectivity index (χ1v) is 9.47. The van der Waals surface area contributed by atoms with E-state index in [-0.39, 0.29) is 15.5 Å². The monoisotopic (exact) mass is 381 g/mol. The quantitative estimate of drug-likeness (QED) is 0.804. The molecule has 8 heteroatoms. The summed E-state index contributed by atoms with van der Waals surface area (Å²) in [4.78, 5) is 23.9. The van der Waals surface area contributed by atoms with Crippen LogP contribution in [-0.2, 0) is 19.4 Å². The van der Waals surface area contributed by atoms with Crippen LogP contribution in [0.2, 0.25) is 5.02 Å². The first-order chi connectivity index (χ1) is 11.7. The van der Waals surface area contributed by atoms with Crippen molar-refractivity contribution in [3.63, 3.8) is 0 Å². The molecule has 0 saturated heterocycles. The average Bonchev–Trinajstić information content (AvgIpc) is 2.52. The number of anilines is 1. The van der Waals surface area contributed by atoms with E-state index < -0.39 is 28.3 Å². The number of ether oxygens (including phenoxy) is 1. The fourth-order valence-corrected chi connectivity index (χ4v) is 2.86. The summed E-state index contributed by atoms with van der Waals surface area (Å²) in [5.41, 5.74) is 1.44. The van der Waals surface area contributed by atoms with Crippen molar-refractivity contribution in [1.29, 1.82) is 0 Å². The second-order valence-electron chi connectivity index (χ2n) is 5.41. The van der Waals surface area contributed by atoms with Crippen LogP contribution in [0.15, 0.2) is 47.4 Å². The Hall–Kier alpha value is -2.38. The molecule has 2 aromatic rings. The Kier molecular flexibility index (Phi) is 5.81. The molecule has 0 aromatic heterocycles. The predicted molar refractivity (Wildman–Crippen MR) is 94.7 cm³/mol. The number of carbonyl (C=O) groups excluding carboxylic acids is 2. The highest BCUT2D eigenvalue weighted by Gasteiger charge is 2.17. The molecule has 1 amide bonds. The van der Waals surface area contributed by atoms with E-state index in [1.54, 1.807) is 18.2 Å². The van der Waals surface area contributed by atoms with Gasteiger partial charge in [0.2, 0.25) is 0 Å². The third kappa shape index (κ3) is 5.30. The van der Waals surface area contributed by atoms with Gasteiger partial charge in [-0.2, -0.15) is 0 Å². The minimum Gasteiger partial charge on any atom is -0.452 e. The van der Waals surface area contributed by atoms with Crippen LogP contribution in [0.25, 0.3) is 0 Å². The minimum absolute atomic E-state index is 0.0384. The molecule has 2 aromatic carbocycles. The van der Waals surface area contributed by atoms with Crippen molar-refractivity contribution < 1.29 is 22.7 Å². The lowest BCUT2D eigenvalue weighted by Gasteiger charge is -2.09. The molecule has 0 heterocycles. The molecule has 1 N–H and O–H groups in total. The number of halogens is 1. The maximum atomic E-state index is 12.1. The van der Waals surface area contributed by atoms with Crippen LogP contribution < -0.4 is 5.32 Å². The molecule has 0 saturated carbocycles. The smallest absolute Gasteiger partial charge is 0.340 e. The molecule has 132 valence electrons. The van der Waals surface area contributed by atoms with E-state index >= 15 is 0 Å². The fraction of sp³-hybridized carbons (Fsp3) is 0.176. The fourth-order valence-electron chi connectivity index (χ4n) is 2.02. The first kappa shape index (κ1) is 19.0. The molecule has 0 aliphatic heterocycles. The number of hydrogen-bond acceptors (Lipinski definition) is 5. The molecular formula is C17H16ClNO5S. The van der Waals surface area contributed by atoms with Gasteiger partial charge in [0.1, 0.15) is 0 Å². The highest BCUT2D eigenvalue weighted by Crippen LogP contribution is 2.21. The van der Waals surface area contributed by atoms with Crippen LogP contribution >= 0.6 is 11.6 Å². The van der Waals surface area contributed by atoms with Gasteiger partial charge in [0.25, 0.3) is 5.91 Å². The SMILES string of the molecule is Cc1cccc(NC(=O)COC(=O)c2cc(S(C)(=O)=O)ccc2Cl)c1. The molecule has 0 fully saturated rings. The molecule has 0 aliphatic rings. The zero-order valence-electron chi connectivity index (χ0n) is 13.6. The lowest BCUT2D eigenvalue weighted by molar-refractivity contribution is -0.119. The molecular weight excluding hydrogens is 366 g/mol. The van der Waals surface area contributed by atoms with Crippen LogP contribution in [0.1, 0.15) is 15.9 Å². The Balaban J connectivity index is 2.04. The van der Waals surface area contributed by atoms with Gasteiger partial charge in [0, 0.05) is 11.9 Å². The van der Waals surface area contributed by atoms with Crippen LogP contribution in [0.3, 0.4) is 0 Å². The van der Waals surface area contributed by atoms with E-state index in [1.165, 1.54) is 12.1 Å². The Morgan fingerprint density at radius 1 is 1.16 bits per heavy atom. The first-order valence-electron chi connectivity index (χ1n) is 7.20. The van der Waals surface area contributed by atoms with Gasteiger partial charge < -0.3 is 10.1 Å². The molecule has 25 heavy (non-hydrogen) atoms. The van der Waals surface area contributed by atoms with Crippen molar-refractivity contribution in [3.05, 3.63) is 58.6 Å². The predicted octanol–water partition coefficient (Wildman–Crippen LogP) is 2.85. The molecule has 0 unspecified atom stereocenters. The number of hydrogen-bond donors (Lipinski definition) is 1. The van der Waals surface area contributed by atoms with Gasteiger partial charge >= 0.3 is 5.97 Å². The third-order valence-electron chi connectivity index (χ3n) is 3.22. The highest BCUT2D eigenvalue weighted by molar-refractivity contribution is 7.90. The molecule has 2 rings (SSSR count). The van der Waals surface area contributed by atoms with Gasteiger partial charge in [-0.1, -0.05) is 23.7 Å². The van der Waals surface area contributed by atoms with Crippen molar-refractivity contribution in [2.45, 2.75) is 11.8 Å². The number of rotatable bonds is 5. The van der Waals surface area contributed by atoms with Crippen molar-refractivity contribution >= 4 is 39.0 Å². The van der Waals surface area contributed by atoms with Gasteiger partial charge in [0.15, 0.2) is 16.4 Å². The Morgan fingerprint density at radius 3 is 2.52 bits per heavy atom. The average molecular weight is 382 g/mol. The molecule has 0 radical (unpaired) electrons. The summed E-state index contributed by atoms with van der Waals surface area (Å²) in [5.74, 6) is -1.40. The number of sulfone groups is 1. The van der Waals surface area contributed by atoms with Crippen LogP contribution in [-0.4, -0.2) is 33.2 Å². The maximum absolute atomic E-state index is 12.1. The van der Waals surface area contributed by atoms with Crippen LogP contribution in [0.5, 0.6) is 0 Å². The number of aryl methyl sites for hydroxylation is 1. The summed E-state index contributed by atoms with van der Waals surface area (Å²) >= 11 is 5.91. The van der Waals surface area contributed by atoms with Crippen molar-refractivity contribution in [3.8, 4) is 0 Å². The lowest BCUT2D eigenvalue weighted by atomic mass is 10.2. The van der Waals surface area contributed by atoms with Crippen LogP contribution in [0, 0.1) is 6.92 Å². The number of benzene rings is 2. The second kappa shape index (κ2) is 7.67. The molecule has 0 bridgehead atoms. The normalized spacial score (nSPS) is 11.0. The topological polar surface area (TPSA) is 89.5 Å². The Bertz CT molecular complexity index is 924. The second-order valence-corrected chi connectivity index (χ2v) is 7.83. The largest absolute Gasteiger partial charge is 0.452 e. The highest BCUT2D eigenvalue weighted by atomic mass is 35.5. The maximum Gasteiger partial charge on any atom is 0.340 e. The van der Waals surface area contributed by atoms with E-state index in [1.807, 2.05) is 13.0 Å². The third-order valence-corrected chi connectivity index (χ3v) is 4.66. The summed E-state index contributed by atoms with van der Waals surface area (Å²) in [6.07, 6.45) is 1.01. The van der Waals surface area contributed by atoms with E-state index in [2.05, 4.69) is 5.32 Å². The standard InChI is InChI=1S/C17H16ClNO5S/c1-11-4-3-5-12(8-11)19-16(20)10-24-17(21)14-9-13(25(2,22)23)6-7-15(14)18/h3-9H,10H2,1-2H3,(H,19,20). The molecule has 0 aliphatic carbocycles. The zero-order chi connectivity index (χ0) is 18.6. The number of nitrogens with one attached hydrogen (secondary N) is 1. The summed E-state index contributed by atoms with van der Waals surface area (Å²) in [7, 11) is -3.50. The molecule has 6 nitrogen and oxygen atoms in total. The van der Waals surface area contributed by atoms with Crippen molar-refractivity contribution in [1.82, 2.24) is 0 Å². The summed E-state index contributed by atoms with van der Waals surface area (Å²) in [5, 5.41) is 2.63. The van der Waals surface area contributed by atoms with Crippen molar-refractivity contribution in [2.75, 3.05) is 18.2 Å². The molecule has 0 spiro atoms. The Labute approximate surface area is 150 Å². The molecule has 0 atom stereocenters. The summed E-state index contributed by atoms with van der Waals surface area (Å²) in [6, 6.07) is 10.9. The number of amides is 1. The van der Waals surface area contributed by atoms with Gasteiger partial charge in [-0.05, 0) is 42.8 Å². The minimum atomic E-state index is -3.50. The number of carbonyl (C=O) groups is 2. The van der Waals surface area contributed by atoms with Gasteiger partial charge in [-0.15, -0.1) is 0 Å². The van der Waals surface area contributed by atoms with E-state index in [0.717, 1.165) is 17.9 Å².